The van der Waals surface area contributed by atoms with Crippen molar-refractivity contribution in [2.24, 2.45) is 0 Å². The van der Waals surface area contributed by atoms with Crippen LogP contribution in [-0.4, -0.2) is 31.4 Å². The highest BCUT2D eigenvalue weighted by atomic mass is 32.1. The molecule has 0 aliphatic rings. The quantitative estimate of drug-likeness (QED) is 0.438. The summed E-state index contributed by atoms with van der Waals surface area (Å²) in [4.78, 5) is 36.4. The first-order valence-electron chi connectivity index (χ1n) is 9.71. The molecule has 3 rings (SSSR count). The molecule has 1 aromatic heterocycles. The zero-order valence-corrected chi connectivity index (χ0v) is 17.8. The van der Waals surface area contributed by atoms with Gasteiger partial charge in [-0.1, -0.05) is 12.1 Å². The number of benzene rings is 2. The molecular weight excluding hydrogens is 414 g/mol. The van der Waals surface area contributed by atoms with Crippen LogP contribution in [0.4, 0.5) is 11.4 Å². The van der Waals surface area contributed by atoms with Gasteiger partial charge in [0.25, 0.3) is 11.8 Å². The summed E-state index contributed by atoms with van der Waals surface area (Å²) in [5, 5.41) is 12.0. The van der Waals surface area contributed by atoms with Crippen molar-refractivity contribution in [3.05, 3.63) is 76.5 Å². The van der Waals surface area contributed by atoms with Gasteiger partial charge in [-0.3, -0.25) is 14.4 Å². The van der Waals surface area contributed by atoms with E-state index < -0.39 is 0 Å². The summed E-state index contributed by atoms with van der Waals surface area (Å²) in [6.45, 7) is 0.421. The van der Waals surface area contributed by atoms with Crippen LogP contribution in [0.1, 0.15) is 33.6 Å². The highest BCUT2D eigenvalue weighted by Gasteiger charge is 2.10. The van der Waals surface area contributed by atoms with Crippen molar-refractivity contribution in [3.8, 4) is 5.75 Å². The average molecular weight is 438 g/mol. The Morgan fingerprint density at radius 3 is 2.39 bits per heavy atom. The van der Waals surface area contributed by atoms with Gasteiger partial charge < -0.3 is 20.7 Å². The summed E-state index contributed by atoms with van der Waals surface area (Å²) in [6, 6.07) is 15.5. The molecule has 8 heteroatoms. The van der Waals surface area contributed by atoms with Gasteiger partial charge >= 0.3 is 0 Å². The number of nitrogens with one attached hydrogen (secondary N) is 3. The van der Waals surface area contributed by atoms with Crippen molar-refractivity contribution >= 4 is 40.4 Å². The van der Waals surface area contributed by atoms with Crippen molar-refractivity contribution in [2.75, 3.05) is 24.3 Å². The predicted molar refractivity (Wildman–Crippen MR) is 122 cm³/mol. The molecule has 7 nitrogen and oxygen atoms in total. The molecule has 0 atom stereocenters. The van der Waals surface area contributed by atoms with Gasteiger partial charge in [0.15, 0.2) is 0 Å². The van der Waals surface area contributed by atoms with Crippen LogP contribution in [-0.2, 0) is 4.79 Å². The number of methoxy groups -OCH3 is 1. The number of rotatable bonds is 9. The third-order valence-corrected chi connectivity index (χ3v) is 5.12. The number of hydrogen-bond donors (Lipinski definition) is 3. The molecule has 3 aromatic rings. The van der Waals surface area contributed by atoms with Crippen molar-refractivity contribution in [1.82, 2.24) is 5.32 Å². The van der Waals surface area contributed by atoms with E-state index >= 15 is 0 Å². The first kappa shape index (κ1) is 22.0. The molecule has 3 amide bonds. The van der Waals surface area contributed by atoms with Gasteiger partial charge in [-0.2, -0.15) is 11.3 Å². The van der Waals surface area contributed by atoms with Gasteiger partial charge in [0.2, 0.25) is 5.91 Å². The van der Waals surface area contributed by atoms with E-state index in [2.05, 4.69) is 16.0 Å². The van der Waals surface area contributed by atoms with Crippen LogP contribution in [0.2, 0.25) is 0 Å². The van der Waals surface area contributed by atoms with E-state index in [1.165, 1.54) is 11.3 Å². The third-order valence-electron chi connectivity index (χ3n) is 4.44. The first-order valence-corrected chi connectivity index (χ1v) is 10.7. The maximum absolute atomic E-state index is 12.4. The van der Waals surface area contributed by atoms with E-state index in [1.807, 2.05) is 17.5 Å². The minimum atomic E-state index is -0.274. The molecule has 0 unspecified atom stereocenters. The summed E-state index contributed by atoms with van der Waals surface area (Å²) in [6.07, 6.45) is 0.807. The topological polar surface area (TPSA) is 96.5 Å². The number of ether oxygens (including phenoxy) is 1. The smallest absolute Gasteiger partial charge is 0.255 e. The summed E-state index contributed by atoms with van der Waals surface area (Å²) >= 11 is 1.46. The molecule has 160 valence electrons. The lowest BCUT2D eigenvalue weighted by molar-refractivity contribution is -0.116. The number of hydrogen-bond acceptors (Lipinski definition) is 5. The standard InChI is InChI=1S/C23H23N3O4S/c1-30-20-6-3-2-5-19(20)26-23(29)16-8-10-18(11-9-16)25-21(27)7-4-13-24-22(28)17-12-14-31-15-17/h2-3,5-6,8-12,14-15H,4,7,13H2,1H3,(H,24,28)(H,25,27)(H,26,29). The van der Waals surface area contributed by atoms with Gasteiger partial charge in [0, 0.05) is 35.2 Å². The van der Waals surface area contributed by atoms with E-state index in [0.29, 0.717) is 41.2 Å². The van der Waals surface area contributed by atoms with Crippen molar-refractivity contribution < 1.29 is 19.1 Å². The Balaban J connectivity index is 1.43. The van der Waals surface area contributed by atoms with Crippen molar-refractivity contribution in [3.63, 3.8) is 0 Å². The Kier molecular flexibility index (Phi) is 7.78. The summed E-state index contributed by atoms with van der Waals surface area (Å²) in [7, 11) is 1.54. The van der Waals surface area contributed by atoms with Crippen molar-refractivity contribution in [1.29, 1.82) is 0 Å². The summed E-state index contributed by atoms with van der Waals surface area (Å²) < 4.78 is 5.23. The largest absolute Gasteiger partial charge is 0.495 e. The zero-order chi connectivity index (χ0) is 22.1. The average Bonchev–Trinajstić information content (AvgIpc) is 3.32. The third kappa shape index (κ3) is 6.42. The van der Waals surface area contributed by atoms with Gasteiger partial charge in [-0.05, 0) is 54.3 Å². The van der Waals surface area contributed by atoms with Crippen molar-refractivity contribution in [2.45, 2.75) is 12.8 Å². The second-order valence-electron chi connectivity index (χ2n) is 6.65. The Morgan fingerprint density at radius 2 is 1.68 bits per heavy atom. The molecule has 2 aromatic carbocycles. The van der Waals surface area contributed by atoms with E-state index in [1.54, 1.807) is 55.0 Å². The summed E-state index contributed by atoms with van der Waals surface area (Å²) in [5.74, 6) is 0.00892. The number of carbonyl (C=O) groups excluding carboxylic acids is 3. The molecule has 0 saturated heterocycles. The van der Waals surface area contributed by atoms with E-state index in [4.69, 9.17) is 4.74 Å². The Labute approximate surface area is 184 Å². The zero-order valence-electron chi connectivity index (χ0n) is 17.0. The fraction of sp³-hybridized carbons (Fsp3) is 0.174. The van der Waals surface area contributed by atoms with Crippen LogP contribution >= 0.6 is 11.3 Å². The molecule has 0 saturated carbocycles. The Morgan fingerprint density at radius 1 is 0.903 bits per heavy atom. The lowest BCUT2D eigenvalue weighted by atomic mass is 10.1. The number of para-hydroxylation sites is 2. The lowest BCUT2D eigenvalue weighted by Crippen LogP contribution is -2.25. The van der Waals surface area contributed by atoms with Gasteiger partial charge in [-0.25, -0.2) is 0 Å². The van der Waals surface area contributed by atoms with E-state index in [0.717, 1.165) is 0 Å². The second-order valence-corrected chi connectivity index (χ2v) is 7.43. The molecule has 0 fully saturated rings. The molecule has 3 N–H and O–H groups in total. The van der Waals surface area contributed by atoms with Crippen LogP contribution in [0.15, 0.2) is 65.4 Å². The second kappa shape index (κ2) is 10.9. The molecular formula is C23H23N3O4S. The normalized spacial score (nSPS) is 10.2. The van der Waals surface area contributed by atoms with Crippen LogP contribution in [0.3, 0.4) is 0 Å². The number of anilines is 2. The monoisotopic (exact) mass is 437 g/mol. The maximum atomic E-state index is 12.4. The van der Waals surface area contributed by atoms with Crippen LogP contribution in [0.5, 0.6) is 5.75 Å². The molecule has 31 heavy (non-hydrogen) atoms. The minimum Gasteiger partial charge on any atom is -0.495 e. The fourth-order valence-electron chi connectivity index (χ4n) is 2.82. The number of thiophene rings is 1. The molecule has 0 spiro atoms. The first-order chi connectivity index (χ1) is 15.1. The van der Waals surface area contributed by atoms with Crippen LogP contribution in [0.25, 0.3) is 0 Å². The van der Waals surface area contributed by atoms with Crippen LogP contribution in [0, 0.1) is 0 Å². The molecule has 0 bridgehead atoms. The van der Waals surface area contributed by atoms with Gasteiger partial charge in [0.05, 0.1) is 12.8 Å². The maximum Gasteiger partial charge on any atom is 0.255 e. The summed E-state index contributed by atoms with van der Waals surface area (Å²) in [5.41, 5.74) is 2.27. The highest BCUT2D eigenvalue weighted by Crippen LogP contribution is 2.23. The highest BCUT2D eigenvalue weighted by molar-refractivity contribution is 7.08. The Bertz CT molecular complexity index is 1030. The Hall–Kier alpha value is -3.65. The minimum absolute atomic E-state index is 0.136. The number of carbonyl (C=O) groups is 3. The molecule has 0 aliphatic heterocycles. The SMILES string of the molecule is COc1ccccc1NC(=O)c1ccc(NC(=O)CCCNC(=O)c2ccsc2)cc1. The molecule has 0 radical (unpaired) electrons. The fourth-order valence-corrected chi connectivity index (χ4v) is 3.45. The number of amides is 3. The predicted octanol–water partition coefficient (Wildman–Crippen LogP) is 4.16. The van der Waals surface area contributed by atoms with E-state index in [-0.39, 0.29) is 24.1 Å². The van der Waals surface area contributed by atoms with E-state index in [9.17, 15) is 14.4 Å². The van der Waals surface area contributed by atoms with Crippen LogP contribution < -0.4 is 20.7 Å². The van der Waals surface area contributed by atoms with Gasteiger partial charge in [0.1, 0.15) is 5.75 Å². The molecule has 1 heterocycles. The lowest BCUT2D eigenvalue weighted by Gasteiger charge is -2.10. The molecule has 0 aliphatic carbocycles. The van der Waals surface area contributed by atoms with Gasteiger partial charge in [-0.15, -0.1) is 0 Å².